The molecule has 0 saturated heterocycles. The summed E-state index contributed by atoms with van der Waals surface area (Å²) in [5, 5.41) is 15.0. The van der Waals surface area contributed by atoms with Crippen LogP contribution in [0.5, 0.6) is 17.2 Å². The number of Topliss-reactive ketones (excluding diaryl/α,β-unsaturated/α-hetero) is 1. The molecule has 30 heavy (non-hydrogen) atoms. The van der Waals surface area contributed by atoms with Gasteiger partial charge in [0.2, 0.25) is 0 Å². The zero-order chi connectivity index (χ0) is 21.3. The fourth-order valence-corrected chi connectivity index (χ4v) is 3.43. The fourth-order valence-electron chi connectivity index (χ4n) is 3.19. The Balaban J connectivity index is 1.52. The predicted molar refractivity (Wildman–Crippen MR) is 113 cm³/mol. The molecule has 2 aromatic carbocycles. The molecule has 7 heteroatoms. The number of rotatable bonds is 6. The van der Waals surface area contributed by atoms with Crippen LogP contribution in [-0.2, 0) is 17.6 Å². The number of halogens is 1. The molecule has 0 unspecified atom stereocenters. The minimum atomic E-state index is -0.00530. The van der Waals surface area contributed by atoms with Crippen LogP contribution in [0.1, 0.15) is 22.6 Å². The van der Waals surface area contributed by atoms with Crippen molar-refractivity contribution in [2.24, 2.45) is 0 Å². The average Bonchev–Trinajstić information content (AvgIpc) is 3.10. The molecule has 0 saturated carbocycles. The molecule has 0 bridgehead atoms. The number of nitrogens with zero attached hydrogens (tertiary/aromatic N) is 2. The van der Waals surface area contributed by atoms with Gasteiger partial charge in [-0.05, 0) is 49.2 Å². The maximum absolute atomic E-state index is 12.3. The van der Waals surface area contributed by atoms with Gasteiger partial charge >= 0.3 is 0 Å². The first-order valence-corrected chi connectivity index (χ1v) is 9.75. The number of aromatic hydroxyl groups is 1. The van der Waals surface area contributed by atoms with Crippen molar-refractivity contribution in [3.8, 4) is 17.2 Å². The van der Waals surface area contributed by atoms with E-state index in [1.165, 1.54) is 0 Å². The Morgan fingerprint density at radius 1 is 1.13 bits per heavy atom. The lowest BCUT2D eigenvalue weighted by molar-refractivity contribution is -0.117. The maximum atomic E-state index is 12.3. The van der Waals surface area contributed by atoms with Gasteiger partial charge in [0, 0.05) is 35.2 Å². The average molecular weight is 423 g/mol. The van der Waals surface area contributed by atoms with E-state index in [2.05, 4.69) is 10.1 Å². The number of phenolic OH excluding ortho intramolecular Hbond substituents is 1. The van der Waals surface area contributed by atoms with Gasteiger partial charge in [-0.15, -0.1) is 0 Å². The molecular formula is C23H19ClN2O4. The Hall–Kier alpha value is -3.38. The number of aromatic nitrogens is 2. The molecule has 6 nitrogen and oxygen atoms in total. The van der Waals surface area contributed by atoms with Crippen LogP contribution >= 0.6 is 11.6 Å². The Bertz CT molecular complexity index is 1250. The monoisotopic (exact) mass is 422 g/mol. The zero-order valence-electron chi connectivity index (χ0n) is 16.5. The molecule has 2 aromatic heterocycles. The molecule has 0 aliphatic heterocycles. The highest BCUT2D eigenvalue weighted by atomic mass is 35.5. The van der Waals surface area contributed by atoms with E-state index in [1.54, 1.807) is 49.5 Å². The normalized spacial score (nSPS) is 11.0. The van der Waals surface area contributed by atoms with E-state index in [0.29, 0.717) is 33.5 Å². The molecule has 0 spiro atoms. The fraction of sp³-hybridized carbons (Fsp3) is 0.174. The van der Waals surface area contributed by atoms with Crippen LogP contribution in [0.25, 0.3) is 10.9 Å². The number of phenols is 1. The number of carbonyl (C=O) groups is 1. The summed E-state index contributed by atoms with van der Waals surface area (Å²) in [6.45, 7) is 3.60. The second-order valence-electron chi connectivity index (χ2n) is 7.14. The maximum Gasteiger partial charge on any atom is 0.143 e. The first kappa shape index (κ1) is 19.9. The van der Waals surface area contributed by atoms with Crippen LogP contribution in [-0.4, -0.2) is 21.0 Å². The van der Waals surface area contributed by atoms with Crippen molar-refractivity contribution < 1.29 is 19.2 Å². The molecule has 0 amide bonds. The number of hydrogen-bond acceptors (Lipinski definition) is 6. The zero-order valence-corrected chi connectivity index (χ0v) is 17.2. The number of fused-ring (bicyclic) bond motifs is 1. The standard InChI is InChI=1S/C23H19ClN2O4/c1-13-7-19-21(12-22(13)28)25-6-5-23(19)29-18-4-3-15(20(24)11-18)9-17(27)10-16-8-14(2)30-26-16/h3-8,11-12,28H,9-10H2,1-2H3. The van der Waals surface area contributed by atoms with Crippen LogP contribution in [0.4, 0.5) is 0 Å². The SMILES string of the molecule is Cc1cc(CC(=O)Cc2ccc(Oc3ccnc4cc(O)c(C)cc34)cc2Cl)no1. The summed E-state index contributed by atoms with van der Waals surface area (Å²) < 4.78 is 11.0. The van der Waals surface area contributed by atoms with Gasteiger partial charge in [-0.25, -0.2) is 0 Å². The summed E-state index contributed by atoms with van der Waals surface area (Å²) in [7, 11) is 0. The van der Waals surface area contributed by atoms with Crippen LogP contribution in [0, 0.1) is 13.8 Å². The van der Waals surface area contributed by atoms with Crippen molar-refractivity contribution >= 4 is 28.3 Å². The highest BCUT2D eigenvalue weighted by Gasteiger charge is 2.13. The number of ketones is 1. The smallest absolute Gasteiger partial charge is 0.143 e. The van der Waals surface area contributed by atoms with Gasteiger partial charge in [-0.1, -0.05) is 22.8 Å². The predicted octanol–water partition coefficient (Wildman–Crippen LogP) is 5.35. The van der Waals surface area contributed by atoms with Crippen molar-refractivity contribution in [1.29, 1.82) is 0 Å². The van der Waals surface area contributed by atoms with Crippen molar-refractivity contribution in [2.75, 3.05) is 0 Å². The van der Waals surface area contributed by atoms with Gasteiger partial charge in [0.25, 0.3) is 0 Å². The summed E-state index contributed by atoms with van der Waals surface area (Å²) in [6.07, 6.45) is 2.01. The number of pyridine rings is 1. The number of carbonyl (C=O) groups excluding carboxylic acids is 1. The second kappa shape index (κ2) is 8.16. The third kappa shape index (κ3) is 4.28. The Kier molecular flexibility index (Phi) is 5.42. The van der Waals surface area contributed by atoms with Crippen LogP contribution < -0.4 is 4.74 Å². The van der Waals surface area contributed by atoms with Crippen molar-refractivity contribution in [3.63, 3.8) is 0 Å². The largest absolute Gasteiger partial charge is 0.508 e. The molecular weight excluding hydrogens is 404 g/mol. The summed E-state index contributed by atoms with van der Waals surface area (Å²) in [6, 6.07) is 12.2. The van der Waals surface area contributed by atoms with Crippen LogP contribution in [0.3, 0.4) is 0 Å². The van der Waals surface area contributed by atoms with E-state index in [0.717, 1.165) is 16.5 Å². The lowest BCUT2D eigenvalue weighted by atomic mass is 10.1. The van der Waals surface area contributed by atoms with E-state index >= 15 is 0 Å². The summed E-state index contributed by atoms with van der Waals surface area (Å²) >= 11 is 6.40. The number of ether oxygens (including phenoxy) is 1. The van der Waals surface area contributed by atoms with Gasteiger partial charge in [0.15, 0.2) is 0 Å². The van der Waals surface area contributed by atoms with Gasteiger partial charge < -0.3 is 14.4 Å². The first-order chi connectivity index (χ1) is 14.4. The lowest BCUT2D eigenvalue weighted by Gasteiger charge is -2.11. The van der Waals surface area contributed by atoms with E-state index in [-0.39, 0.29) is 24.4 Å². The quantitative estimate of drug-likeness (QED) is 0.451. The first-order valence-electron chi connectivity index (χ1n) is 9.37. The second-order valence-corrected chi connectivity index (χ2v) is 7.55. The highest BCUT2D eigenvalue weighted by molar-refractivity contribution is 6.31. The van der Waals surface area contributed by atoms with E-state index in [4.69, 9.17) is 20.9 Å². The van der Waals surface area contributed by atoms with Gasteiger partial charge in [-0.3, -0.25) is 9.78 Å². The van der Waals surface area contributed by atoms with Crippen molar-refractivity contribution in [2.45, 2.75) is 26.7 Å². The molecule has 152 valence electrons. The van der Waals surface area contributed by atoms with Gasteiger partial charge in [0.1, 0.15) is 28.8 Å². The number of hydrogen-bond donors (Lipinski definition) is 1. The Morgan fingerprint density at radius 3 is 2.70 bits per heavy atom. The van der Waals surface area contributed by atoms with E-state index in [9.17, 15) is 9.90 Å². The van der Waals surface area contributed by atoms with Crippen molar-refractivity contribution in [1.82, 2.24) is 10.1 Å². The lowest BCUT2D eigenvalue weighted by Crippen LogP contribution is -2.07. The Morgan fingerprint density at radius 2 is 1.97 bits per heavy atom. The number of aryl methyl sites for hydroxylation is 2. The Labute approximate surface area is 178 Å². The van der Waals surface area contributed by atoms with Gasteiger partial charge in [0.05, 0.1) is 17.6 Å². The van der Waals surface area contributed by atoms with E-state index < -0.39 is 0 Å². The molecule has 2 heterocycles. The molecule has 4 rings (SSSR count). The third-order valence-corrected chi connectivity index (χ3v) is 5.07. The minimum Gasteiger partial charge on any atom is -0.508 e. The molecule has 0 radical (unpaired) electrons. The van der Waals surface area contributed by atoms with Crippen molar-refractivity contribution in [3.05, 3.63) is 76.3 Å². The molecule has 4 aromatic rings. The van der Waals surface area contributed by atoms with Crippen LogP contribution in [0.2, 0.25) is 5.02 Å². The molecule has 1 N–H and O–H groups in total. The third-order valence-electron chi connectivity index (χ3n) is 4.71. The molecule has 0 aliphatic carbocycles. The molecule has 0 atom stereocenters. The topological polar surface area (TPSA) is 85.5 Å². The summed E-state index contributed by atoms with van der Waals surface area (Å²) in [5.41, 5.74) is 2.69. The molecule has 0 aliphatic rings. The highest BCUT2D eigenvalue weighted by Crippen LogP contribution is 2.34. The minimum absolute atomic E-state index is 0.00530. The number of benzene rings is 2. The van der Waals surface area contributed by atoms with Gasteiger partial charge in [-0.2, -0.15) is 0 Å². The summed E-state index contributed by atoms with van der Waals surface area (Å²) in [4.78, 5) is 16.6. The van der Waals surface area contributed by atoms with E-state index in [1.807, 2.05) is 13.0 Å². The molecule has 0 fully saturated rings. The van der Waals surface area contributed by atoms with Crippen LogP contribution in [0.15, 0.2) is 53.2 Å². The summed E-state index contributed by atoms with van der Waals surface area (Å²) in [5.74, 6) is 2.00.